The van der Waals surface area contributed by atoms with E-state index >= 15 is 0 Å². The van der Waals surface area contributed by atoms with Gasteiger partial charge in [0.2, 0.25) is 17.7 Å². The Kier molecular flexibility index (Phi) is 4.79. The third-order valence-corrected chi connectivity index (χ3v) is 4.80. The summed E-state index contributed by atoms with van der Waals surface area (Å²) in [6.07, 6.45) is 3.46. The van der Waals surface area contributed by atoms with Crippen molar-refractivity contribution in [3.05, 3.63) is 59.7 Å². The van der Waals surface area contributed by atoms with Crippen LogP contribution in [0.25, 0.3) is 22.8 Å². The van der Waals surface area contributed by atoms with Gasteiger partial charge in [0.1, 0.15) is 6.04 Å². The number of hydrogen-bond acceptors (Lipinski definition) is 7. The molecule has 1 aromatic carbocycles. The second kappa shape index (κ2) is 7.40. The second-order valence-electron chi connectivity index (χ2n) is 6.37. The predicted molar refractivity (Wildman–Crippen MR) is 106 cm³/mol. The largest absolute Gasteiger partial charge is 0.337 e. The maximum Gasteiger partial charge on any atom is 0.249 e. The first-order chi connectivity index (χ1) is 13.5. The number of pyridine rings is 1. The van der Waals surface area contributed by atoms with Gasteiger partial charge >= 0.3 is 0 Å². The van der Waals surface area contributed by atoms with Gasteiger partial charge in [-0.1, -0.05) is 28.9 Å². The monoisotopic (exact) mass is 395 g/mol. The van der Waals surface area contributed by atoms with Crippen molar-refractivity contribution in [2.45, 2.75) is 13.0 Å². The molecule has 0 aliphatic carbocycles. The molecule has 8 nitrogen and oxygen atoms in total. The van der Waals surface area contributed by atoms with Gasteiger partial charge in [0.05, 0.1) is 0 Å². The van der Waals surface area contributed by atoms with Gasteiger partial charge in [-0.3, -0.25) is 9.55 Å². The Hall–Kier alpha value is -3.26. The van der Waals surface area contributed by atoms with Crippen molar-refractivity contribution in [2.75, 3.05) is 11.9 Å². The van der Waals surface area contributed by atoms with E-state index < -0.39 is 0 Å². The fourth-order valence-electron chi connectivity index (χ4n) is 2.87. The molecule has 0 fully saturated rings. The SMILES string of the molecule is CC(c1nc(-c2cccc(Cl)c2)no1)N(C)c1nnc(-c2ccncc2)n1C. The molecule has 3 heterocycles. The average Bonchev–Trinajstić information content (AvgIpc) is 3.35. The van der Waals surface area contributed by atoms with E-state index in [4.69, 9.17) is 16.1 Å². The van der Waals surface area contributed by atoms with Crippen LogP contribution in [0.15, 0.2) is 53.3 Å². The molecular weight excluding hydrogens is 378 g/mol. The predicted octanol–water partition coefficient (Wildman–Crippen LogP) is 3.78. The van der Waals surface area contributed by atoms with Crippen LogP contribution in [0.2, 0.25) is 5.02 Å². The fraction of sp³-hybridized carbons (Fsp3) is 0.211. The van der Waals surface area contributed by atoms with Gasteiger partial charge in [0, 0.05) is 42.6 Å². The summed E-state index contributed by atoms with van der Waals surface area (Å²) in [7, 11) is 3.83. The summed E-state index contributed by atoms with van der Waals surface area (Å²) in [4.78, 5) is 10.5. The first-order valence-corrected chi connectivity index (χ1v) is 9.04. The molecule has 4 aromatic rings. The number of hydrogen-bond donors (Lipinski definition) is 0. The molecule has 0 saturated carbocycles. The Morgan fingerprint density at radius 1 is 1.11 bits per heavy atom. The molecule has 0 radical (unpaired) electrons. The van der Waals surface area contributed by atoms with Gasteiger partial charge in [-0.15, -0.1) is 10.2 Å². The second-order valence-corrected chi connectivity index (χ2v) is 6.81. The summed E-state index contributed by atoms with van der Waals surface area (Å²) in [5.41, 5.74) is 1.74. The summed E-state index contributed by atoms with van der Waals surface area (Å²) in [6.45, 7) is 1.97. The lowest BCUT2D eigenvalue weighted by Crippen LogP contribution is -2.25. The van der Waals surface area contributed by atoms with E-state index in [-0.39, 0.29) is 6.04 Å². The van der Waals surface area contributed by atoms with Crippen LogP contribution in [-0.2, 0) is 7.05 Å². The van der Waals surface area contributed by atoms with Crippen molar-refractivity contribution in [3.8, 4) is 22.8 Å². The minimum Gasteiger partial charge on any atom is -0.337 e. The smallest absolute Gasteiger partial charge is 0.249 e. The first kappa shape index (κ1) is 18.1. The van der Waals surface area contributed by atoms with Crippen molar-refractivity contribution in [2.24, 2.45) is 7.05 Å². The number of halogens is 1. The highest BCUT2D eigenvalue weighted by molar-refractivity contribution is 6.30. The number of rotatable bonds is 5. The van der Waals surface area contributed by atoms with E-state index in [2.05, 4.69) is 25.3 Å². The third-order valence-electron chi connectivity index (χ3n) is 4.57. The Morgan fingerprint density at radius 2 is 1.89 bits per heavy atom. The maximum atomic E-state index is 6.05. The zero-order valence-corrected chi connectivity index (χ0v) is 16.4. The Bertz CT molecular complexity index is 1090. The fourth-order valence-corrected chi connectivity index (χ4v) is 3.06. The quantitative estimate of drug-likeness (QED) is 0.508. The summed E-state index contributed by atoms with van der Waals surface area (Å²) >= 11 is 6.05. The molecule has 0 aliphatic rings. The van der Waals surface area contributed by atoms with Gasteiger partial charge < -0.3 is 9.42 Å². The van der Waals surface area contributed by atoms with E-state index in [0.29, 0.717) is 22.7 Å². The average molecular weight is 396 g/mol. The summed E-state index contributed by atoms with van der Waals surface area (Å²) < 4.78 is 7.40. The highest BCUT2D eigenvalue weighted by Crippen LogP contribution is 2.27. The van der Waals surface area contributed by atoms with Gasteiger partial charge in [-0.05, 0) is 31.2 Å². The highest BCUT2D eigenvalue weighted by Gasteiger charge is 2.24. The standard InChI is InChI=1S/C19H18ClN7O/c1-12(18-22-16(25-28-18)14-5-4-6-15(20)11-14)26(2)19-24-23-17(27(19)3)13-7-9-21-10-8-13/h4-12H,1-3H3. The summed E-state index contributed by atoms with van der Waals surface area (Å²) in [5, 5.41) is 13.3. The van der Waals surface area contributed by atoms with E-state index in [1.165, 1.54) is 0 Å². The lowest BCUT2D eigenvalue weighted by Gasteiger charge is -2.22. The molecule has 3 aromatic heterocycles. The highest BCUT2D eigenvalue weighted by atomic mass is 35.5. The number of anilines is 1. The summed E-state index contributed by atoms with van der Waals surface area (Å²) in [6, 6.07) is 10.9. The number of aromatic nitrogens is 6. The van der Waals surface area contributed by atoms with E-state index in [0.717, 1.165) is 17.0 Å². The van der Waals surface area contributed by atoms with E-state index in [9.17, 15) is 0 Å². The third kappa shape index (κ3) is 3.34. The molecule has 0 aliphatic heterocycles. The van der Waals surface area contributed by atoms with Crippen molar-refractivity contribution in [3.63, 3.8) is 0 Å². The van der Waals surface area contributed by atoms with Crippen molar-refractivity contribution in [1.82, 2.24) is 29.9 Å². The van der Waals surface area contributed by atoms with Gasteiger partial charge in [-0.25, -0.2) is 0 Å². The summed E-state index contributed by atoms with van der Waals surface area (Å²) in [5.74, 6) is 2.41. The molecule has 0 amide bonds. The molecule has 142 valence electrons. The lowest BCUT2D eigenvalue weighted by atomic mass is 10.2. The van der Waals surface area contributed by atoms with Crippen LogP contribution >= 0.6 is 11.6 Å². The molecule has 28 heavy (non-hydrogen) atoms. The topological polar surface area (TPSA) is 85.8 Å². The molecule has 0 bridgehead atoms. The van der Waals surface area contributed by atoms with E-state index in [1.807, 2.05) is 54.8 Å². The van der Waals surface area contributed by atoms with Crippen LogP contribution in [0.3, 0.4) is 0 Å². The minimum absolute atomic E-state index is 0.200. The van der Waals surface area contributed by atoms with Crippen molar-refractivity contribution in [1.29, 1.82) is 0 Å². The zero-order chi connectivity index (χ0) is 19.7. The van der Waals surface area contributed by atoms with Gasteiger partial charge in [0.25, 0.3) is 0 Å². The Morgan fingerprint density at radius 3 is 2.64 bits per heavy atom. The minimum atomic E-state index is -0.200. The Balaban J connectivity index is 1.59. The molecular formula is C19H18ClN7O. The van der Waals surface area contributed by atoms with E-state index in [1.54, 1.807) is 24.5 Å². The van der Waals surface area contributed by atoms with Crippen LogP contribution in [0.1, 0.15) is 18.9 Å². The van der Waals surface area contributed by atoms with Crippen LogP contribution in [0, 0.1) is 0 Å². The molecule has 4 rings (SSSR count). The zero-order valence-electron chi connectivity index (χ0n) is 15.6. The molecule has 1 unspecified atom stereocenters. The van der Waals surface area contributed by atoms with Crippen LogP contribution in [0.5, 0.6) is 0 Å². The molecule has 0 spiro atoms. The normalized spacial score (nSPS) is 12.1. The van der Waals surface area contributed by atoms with Crippen LogP contribution < -0.4 is 4.90 Å². The molecule has 0 saturated heterocycles. The molecule has 0 N–H and O–H groups in total. The van der Waals surface area contributed by atoms with Crippen LogP contribution in [-0.4, -0.2) is 36.9 Å². The Labute approximate surface area is 166 Å². The first-order valence-electron chi connectivity index (χ1n) is 8.66. The van der Waals surface area contributed by atoms with Crippen molar-refractivity contribution < 1.29 is 4.52 Å². The molecule has 1 atom stereocenters. The van der Waals surface area contributed by atoms with Gasteiger partial charge in [0.15, 0.2) is 5.82 Å². The van der Waals surface area contributed by atoms with Gasteiger partial charge in [-0.2, -0.15) is 4.98 Å². The van der Waals surface area contributed by atoms with Crippen molar-refractivity contribution >= 4 is 17.5 Å². The maximum absolute atomic E-state index is 6.05. The molecule has 9 heteroatoms. The number of nitrogens with zero attached hydrogens (tertiary/aromatic N) is 7. The van der Waals surface area contributed by atoms with Crippen LogP contribution in [0.4, 0.5) is 5.95 Å². The number of benzene rings is 1. The lowest BCUT2D eigenvalue weighted by molar-refractivity contribution is 0.357.